The van der Waals surface area contributed by atoms with Gasteiger partial charge >= 0.3 is 0 Å². The average molecular weight is 359 g/mol. The van der Waals surface area contributed by atoms with E-state index in [0.29, 0.717) is 43.6 Å². The number of rotatable bonds is 5. The van der Waals surface area contributed by atoms with Crippen molar-refractivity contribution in [3.63, 3.8) is 0 Å². The van der Waals surface area contributed by atoms with Gasteiger partial charge in [-0.15, -0.1) is 5.10 Å². The highest BCUT2D eigenvalue weighted by Crippen LogP contribution is 2.20. The van der Waals surface area contributed by atoms with Gasteiger partial charge in [0.2, 0.25) is 11.8 Å². The van der Waals surface area contributed by atoms with Gasteiger partial charge in [-0.2, -0.15) is 4.98 Å². The Kier molecular flexibility index (Phi) is 5.24. The SMILES string of the molecule is CCNc1cc(C)nc(N2CCN(C(=O)c3cn(C)nc3OC)CC2)n1. The van der Waals surface area contributed by atoms with Crippen molar-refractivity contribution < 1.29 is 9.53 Å². The molecular weight excluding hydrogens is 334 g/mol. The van der Waals surface area contributed by atoms with E-state index in [-0.39, 0.29) is 5.91 Å². The molecule has 0 atom stereocenters. The number of piperazine rings is 1. The molecule has 1 saturated heterocycles. The Bertz CT molecular complexity index is 781. The van der Waals surface area contributed by atoms with Gasteiger partial charge in [0.05, 0.1) is 7.11 Å². The lowest BCUT2D eigenvalue weighted by molar-refractivity contribution is 0.0742. The molecule has 3 rings (SSSR count). The van der Waals surface area contributed by atoms with Crippen LogP contribution < -0.4 is 15.0 Å². The van der Waals surface area contributed by atoms with E-state index in [0.717, 1.165) is 18.1 Å². The summed E-state index contributed by atoms with van der Waals surface area (Å²) in [7, 11) is 3.29. The number of nitrogens with zero attached hydrogens (tertiary/aromatic N) is 6. The first-order valence-corrected chi connectivity index (χ1v) is 8.73. The molecule has 2 aromatic rings. The minimum Gasteiger partial charge on any atom is -0.479 e. The topological polar surface area (TPSA) is 88.4 Å². The van der Waals surface area contributed by atoms with E-state index in [1.165, 1.54) is 7.11 Å². The summed E-state index contributed by atoms with van der Waals surface area (Å²) in [4.78, 5) is 25.8. The molecule has 140 valence electrons. The number of aryl methyl sites for hydroxylation is 2. The van der Waals surface area contributed by atoms with Gasteiger partial charge < -0.3 is 19.9 Å². The molecule has 9 nitrogen and oxygen atoms in total. The zero-order valence-corrected chi connectivity index (χ0v) is 15.7. The van der Waals surface area contributed by atoms with E-state index in [1.807, 2.05) is 24.8 Å². The Morgan fingerprint density at radius 3 is 2.65 bits per heavy atom. The van der Waals surface area contributed by atoms with Gasteiger partial charge in [0.15, 0.2) is 0 Å². The number of ether oxygens (including phenoxy) is 1. The lowest BCUT2D eigenvalue weighted by Gasteiger charge is -2.34. The van der Waals surface area contributed by atoms with Gasteiger partial charge in [-0.3, -0.25) is 9.48 Å². The van der Waals surface area contributed by atoms with Crippen LogP contribution in [-0.4, -0.2) is 70.4 Å². The number of methoxy groups -OCH3 is 1. The predicted octanol–water partition coefficient (Wildman–Crippen LogP) is 0.921. The van der Waals surface area contributed by atoms with E-state index >= 15 is 0 Å². The van der Waals surface area contributed by atoms with Crippen LogP contribution >= 0.6 is 0 Å². The molecule has 0 radical (unpaired) electrons. The van der Waals surface area contributed by atoms with Crippen LogP contribution in [-0.2, 0) is 7.05 Å². The molecule has 0 unspecified atom stereocenters. The van der Waals surface area contributed by atoms with Crippen molar-refractivity contribution in [3.8, 4) is 5.88 Å². The highest BCUT2D eigenvalue weighted by atomic mass is 16.5. The minimum atomic E-state index is -0.0619. The van der Waals surface area contributed by atoms with Crippen molar-refractivity contribution in [2.24, 2.45) is 7.05 Å². The highest BCUT2D eigenvalue weighted by Gasteiger charge is 2.27. The molecule has 0 bridgehead atoms. The fraction of sp³-hybridized carbons (Fsp3) is 0.529. The lowest BCUT2D eigenvalue weighted by atomic mass is 10.2. The summed E-state index contributed by atoms with van der Waals surface area (Å²) in [5.41, 5.74) is 1.41. The van der Waals surface area contributed by atoms with Gasteiger partial charge in [0, 0.05) is 57.7 Å². The third-order valence-corrected chi connectivity index (χ3v) is 4.27. The molecule has 26 heavy (non-hydrogen) atoms. The van der Waals surface area contributed by atoms with E-state index in [4.69, 9.17) is 4.74 Å². The van der Waals surface area contributed by atoms with Crippen LogP contribution in [0, 0.1) is 6.92 Å². The second-order valence-electron chi connectivity index (χ2n) is 6.23. The van der Waals surface area contributed by atoms with Crippen LogP contribution in [0.2, 0.25) is 0 Å². The van der Waals surface area contributed by atoms with E-state index in [1.54, 1.807) is 17.9 Å². The monoisotopic (exact) mass is 359 g/mol. The molecule has 1 aliphatic heterocycles. The smallest absolute Gasteiger partial charge is 0.261 e. The molecule has 3 heterocycles. The molecular formula is C17H25N7O2. The first-order valence-electron chi connectivity index (χ1n) is 8.73. The summed E-state index contributed by atoms with van der Waals surface area (Å²) in [6, 6.07) is 1.93. The first kappa shape index (κ1) is 18.0. The van der Waals surface area contributed by atoms with Gasteiger partial charge in [0.25, 0.3) is 5.91 Å². The van der Waals surface area contributed by atoms with Gasteiger partial charge in [-0.25, -0.2) is 4.98 Å². The van der Waals surface area contributed by atoms with Gasteiger partial charge in [-0.1, -0.05) is 0 Å². The summed E-state index contributed by atoms with van der Waals surface area (Å²) in [6.07, 6.45) is 1.69. The third kappa shape index (κ3) is 3.71. The van der Waals surface area contributed by atoms with Crippen LogP contribution in [0.15, 0.2) is 12.3 Å². The third-order valence-electron chi connectivity index (χ3n) is 4.27. The summed E-state index contributed by atoms with van der Waals surface area (Å²) >= 11 is 0. The maximum absolute atomic E-state index is 12.8. The maximum Gasteiger partial charge on any atom is 0.261 e. The number of nitrogens with one attached hydrogen (secondary N) is 1. The van der Waals surface area contributed by atoms with E-state index < -0.39 is 0 Å². The van der Waals surface area contributed by atoms with Crippen molar-refractivity contribution in [1.29, 1.82) is 0 Å². The van der Waals surface area contributed by atoms with Crippen molar-refractivity contribution in [3.05, 3.63) is 23.5 Å². The summed E-state index contributed by atoms with van der Waals surface area (Å²) < 4.78 is 6.79. The van der Waals surface area contributed by atoms with Crippen LogP contribution in [0.1, 0.15) is 23.0 Å². The zero-order chi connectivity index (χ0) is 18.7. The molecule has 9 heteroatoms. The second kappa shape index (κ2) is 7.59. The molecule has 0 aromatic carbocycles. The quantitative estimate of drug-likeness (QED) is 0.849. The molecule has 1 amide bonds. The van der Waals surface area contributed by atoms with Crippen LogP contribution in [0.25, 0.3) is 0 Å². The van der Waals surface area contributed by atoms with Crippen molar-refractivity contribution in [2.45, 2.75) is 13.8 Å². The fourth-order valence-corrected chi connectivity index (χ4v) is 3.01. The Balaban J connectivity index is 1.68. The van der Waals surface area contributed by atoms with Gasteiger partial charge in [-0.05, 0) is 13.8 Å². The predicted molar refractivity (Wildman–Crippen MR) is 98.8 cm³/mol. The summed E-state index contributed by atoms with van der Waals surface area (Å²) in [5, 5.41) is 7.38. The Morgan fingerprint density at radius 1 is 1.27 bits per heavy atom. The molecule has 2 aromatic heterocycles. The molecule has 1 fully saturated rings. The van der Waals surface area contributed by atoms with E-state index in [9.17, 15) is 4.79 Å². The zero-order valence-electron chi connectivity index (χ0n) is 15.7. The van der Waals surface area contributed by atoms with Crippen molar-refractivity contribution in [1.82, 2.24) is 24.6 Å². The second-order valence-corrected chi connectivity index (χ2v) is 6.23. The number of hydrogen-bond donors (Lipinski definition) is 1. The number of anilines is 2. The van der Waals surface area contributed by atoms with Crippen molar-refractivity contribution in [2.75, 3.05) is 50.1 Å². The number of aromatic nitrogens is 4. The largest absolute Gasteiger partial charge is 0.479 e. The number of carbonyl (C=O) groups excluding carboxylic acids is 1. The molecule has 0 aliphatic carbocycles. The van der Waals surface area contributed by atoms with Crippen LogP contribution in [0.4, 0.5) is 11.8 Å². The summed E-state index contributed by atoms with van der Waals surface area (Å²) in [6.45, 7) is 7.38. The molecule has 1 N–H and O–H groups in total. The van der Waals surface area contributed by atoms with E-state index in [2.05, 4.69) is 25.3 Å². The van der Waals surface area contributed by atoms with Crippen LogP contribution in [0.3, 0.4) is 0 Å². The Morgan fingerprint density at radius 2 is 2.00 bits per heavy atom. The Hall–Kier alpha value is -2.84. The molecule has 1 aliphatic rings. The highest BCUT2D eigenvalue weighted by molar-refractivity contribution is 5.96. The standard InChI is InChI=1S/C17H25N7O2/c1-5-18-14-10-12(2)19-17(20-14)24-8-6-23(7-9-24)16(25)13-11-22(3)21-15(13)26-4/h10-11H,5-9H2,1-4H3,(H,18,19,20). The average Bonchev–Trinajstić information content (AvgIpc) is 3.02. The van der Waals surface area contributed by atoms with Crippen molar-refractivity contribution >= 4 is 17.7 Å². The van der Waals surface area contributed by atoms with Gasteiger partial charge in [0.1, 0.15) is 11.4 Å². The maximum atomic E-state index is 12.8. The molecule has 0 spiro atoms. The fourth-order valence-electron chi connectivity index (χ4n) is 3.01. The number of carbonyl (C=O) groups is 1. The lowest BCUT2D eigenvalue weighted by Crippen LogP contribution is -2.49. The Labute approximate surface area is 153 Å². The minimum absolute atomic E-state index is 0.0619. The summed E-state index contributed by atoms with van der Waals surface area (Å²) in [5.74, 6) is 1.82. The first-order chi connectivity index (χ1) is 12.5. The normalized spacial score (nSPS) is 14.5. The number of amides is 1. The number of hydrogen-bond acceptors (Lipinski definition) is 7. The molecule has 0 saturated carbocycles. The van der Waals surface area contributed by atoms with Crippen LogP contribution in [0.5, 0.6) is 5.88 Å².